The molecule has 156 valence electrons. The van der Waals surface area contributed by atoms with Crippen molar-refractivity contribution in [2.45, 2.75) is 47.1 Å². The van der Waals surface area contributed by atoms with E-state index in [0.717, 1.165) is 0 Å². The summed E-state index contributed by atoms with van der Waals surface area (Å²) in [5, 5.41) is 0. The van der Waals surface area contributed by atoms with Crippen molar-refractivity contribution in [3.63, 3.8) is 0 Å². The minimum absolute atomic E-state index is 0.229. The SMILES string of the molecule is CCCN(C(=O)c1ccc(F)cc1)[C@H](C)C(=O)c1c(C)[nH]c(C(=O)OCC)c1C. The van der Waals surface area contributed by atoms with Gasteiger partial charge >= 0.3 is 5.97 Å². The average Bonchev–Trinajstić information content (AvgIpc) is 2.99. The first-order valence-electron chi connectivity index (χ1n) is 9.69. The summed E-state index contributed by atoms with van der Waals surface area (Å²) in [6.45, 7) is 9.27. The number of aromatic nitrogens is 1. The van der Waals surface area contributed by atoms with Gasteiger partial charge in [-0.3, -0.25) is 9.59 Å². The van der Waals surface area contributed by atoms with Crippen molar-refractivity contribution in [3.8, 4) is 0 Å². The van der Waals surface area contributed by atoms with Gasteiger partial charge in [-0.2, -0.15) is 0 Å². The van der Waals surface area contributed by atoms with Gasteiger partial charge in [0.1, 0.15) is 11.5 Å². The van der Waals surface area contributed by atoms with E-state index < -0.39 is 17.8 Å². The summed E-state index contributed by atoms with van der Waals surface area (Å²) in [6.07, 6.45) is 0.656. The number of ketones is 1. The second-order valence-corrected chi connectivity index (χ2v) is 6.89. The molecule has 7 heteroatoms. The lowest BCUT2D eigenvalue weighted by atomic mass is 9.99. The van der Waals surface area contributed by atoms with Crippen LogP contribution in [-0.4, -0.2) is 46.7 Å². The molecule has 0 saturated heterocycles. The number of nitrogens with one attached hydrogen (secondary N) is 1. The summed E-state index contributed by atoms with van der Waals surface area (Å²) in [6, 6.07) is 4.49. The van der Waals surface area contributed by atoms with E-state index in [1.165, 1.54) is 29.2 Å². The van der Waals surface area contributed by atoms with Gasteiger partial charge in [-0.1, -0.05) is 6.92 Å². The lowest BCUT2D eigenvalue weighted by Crippen LogP contribution is -2.44. The first kappa shape index (κ1) is 22.3. The van der Waals surface area contributed by atoms with E-state index >= 15 is 0 Å². The Morgan fingerprint density at radius 1 is 1.14 bits per heavy atom. The number of hydrogen-bond donors (Lipinski definition) is 1. The highest BCUT2D eigenvalue weighted by Crippen LogP contribution is 2.23. The van der Waals surface area contributed by atoms with E-state index in [1.54, 1.807) is 27.7 Å². The van der Waals surface area contributed by atoms with E-state index in [1.807, 2.05) is 6.92 Å². The van der Waals surface area contributed by atoms with E-state index in [0.29, 0.717) is 35.3 Å². The Hall–Kier alpha value is -2.96. The van der Waals surface area contributed by atoms with Gasteiger partial charge in [0.25, 0.3) is 5.91 Å². The van der Waals surface area contributed by atoms with Crippen LogP contribution in [-0.2, 0) is 4.74 Å². The third-order valence-corrected chi connectivity index (χ3v) is 4.83. The van der Waals surface area contributed by atoms with Crippen molar-refractivity contribution in [2.75, 3.05) is 13.2 Å². The van der Waals surface area contributed by atoms with Crippen LogP contribution >= 0.6 is 0 Å². The molecule has 2 aromatic rings. The fourth-order valence-corrected chi connectivity index (χ4v) is 3.35. The number of H-pyrrole nitrogens is 1. The van der Waals surface area contributed by atoms with E-state index in [9.17, 15) is 18.8 Å². The molecular weight excluding hydrogens is 375 g/mol. The fraction of sp³-hybridized carbons (Fsp3) is 0.409. The normalized spacial score (nSPS) is 11.8. The number of rotatable bonds is 8. The summed E-state index contributed by atoms with van der Waals surface area (Å²) >= 11 is 0. The molecule has 1 aromatic heterocycles. The second-order valence-electron chi connectivity index (χ2n) is 6.89. The highest BCUT2D eigenvalue weighted by molar-refractivity contribution is 6.07. The molecular formula is C22H27FN2O4. The molecule has 0 fully saturated rings. The molecule has 0 unspecified atom stereocenters. The summed E-state index contributed by atoms with van der Waals surface area (Å²) < 4.78 is 18.2. The largest absolute Gasteiger partial charge is 0.461 e. The number of amides is 1. The zero-order chi connectivity index (χ0) is 21.7. The number of carbonyl (C=O) groups is 3. The highest BCUT2D eigenvalue weighted by atomic mass is 19.1. The zero-order valence-electron chi connectivity index (χ0n) is 17.5. The monoisotopic (exact) mass is 402 g/mol. The van der Waals surface area contributed by atoms with Crippen molar-refractivity contribution < 1.29 is 23.5 Å². The number of carbonyl (C=O) groups excluding carboxylic acids is 3. The number of halogens is 1. The highest BCUT2D eigenvalue weighted by Gasteiger charge is 2.31. The van der Waals surface area contributed by atoms with Gasteiger partial charge in [0.15, 0.2) is 5.78 Å². The van der Waals surface area contributed by atoms with Gasteiger partial charge in [-0.25, -0.2) is 9.18 Å². The van der Waals surface area contributed by atoms with Crippen molar-refractivity contribution in [2.24, 2.45) is 0 Å². The fourth-order valence-electron chi connectivity index (χ4n) is 3.35. The number of esters is 1. The summed E-state index contributed by atoms with van der Waals surface area (Å²) in [5.41, 5.74) is 1.99. The van der Waals surface area contributed by atoms with Gasteiger partial charge < -0.3 is 14.6 Å². The Bertz CT molecular complexity index is 902. The number of benzene rings is 1. The van der Waals surface area contributed by atoms with Crippen LogP contribution in [0, 0.1) is 19.7 Å². The molecule has 0 aliphatic heterocycles. The summed E-state index contributed by atoms with van der Waals surface area (Å²) in [4.78, 5) is 42.8. The molecule has 0 aliphatic rings. The molecule has 1 aromatic carbocycles. The first-order chi connectivity index (χ1) is 13.7. The Morgan fingerprint density at radius 3 is 2.31 bits per heavy atom. The van der Waals surface area contributed by atoms with Crippen LogP contribution in [0.5, 0.6) is 0 Å². The van der Waals surface area contributed by atoms with Crippen LogP contribution in [0.4, 0.5) is 4.39 Å². The molecule has 1 amide bonds. The molecule has 2 rings (SSSR count). The lowest BCUT2D eigenvalue weighted by Gasteiger charge is -2.28. The van der Waals surface area contributed by atoms with E-state index in [2.05, 4.69) is 4.98 Å². The molecule has 1 N–H and O–H groups in total. The van der Waals surface area contributed by atoms with Gasteiger partial charge in [0.05, 0.1) is 12.6 Å². The Kier molecular flexibility index (Phi) is 7.31. The third kappa shape index (κ3) is 4.72. The van der Waals surface area contributed by atoms with E-state index in [-0.39, 0.29) is 24.0 Å². The number of ether oxygens (including phenoxy) is 1. The van der Waals surface area contributed by atoms with Crippen LogP contribution in [0.1, 0.15) is 69.7 Å². The minimum atomic E-state index is -0.754. The Labute approximate surface area is 170 Å². The van der Waals surface area contributed by atoms with Gasteiger partial charge in [-0.15, -0.1) is 0 Å². The van der Waals surface area contributed by atoms with Crippen LogP contribution < -0.4 is 0 Å². The number of hydrogen-bond acceptors (Lipinski definition) is 4. The van der Waals surface area contributed by atoms with Gasteiger partial charge in [0.2, 0.25) is 0 Å². The van der Waals surface area contributed by atoms with Crippen molar-refractivity contribution in [3.05, 3.63) is 58.2 Å². The third-order valence-electron chi connectivity index (χ3n) is 4.83. The number of aryl methyl sites for hydroxylation is 1. The molecule has 0 bridgehead atoms. The van der Waals surface area contributed by atoms with Crippen LogP contribution in [0.25, 0.3) is 0 Å². The topological polar surface area (TPSA) is 79.5 Å². The predicted molar refractivity (Wildman–Crippen MR) is 108 cm³/mol. The van der Waals surface area contributed by atoms with Crippen molar-refractivity contribution in [1.82, 2.24) is 9.88 Å². The predicted octanol–water partition coefficient (Wildman–Crippen LogP) is 4.07. The first-order valence-corrected chi connectivity index (χ1v) is 9.69. The Balaban J connectivity index is 2.36. The lowest BCUT2D eigenvalue weighted by molar-refractivity contribution is 0.0519. The molecule has 0 aliphatic carbocycles. The molecule has 0 radical (unpaired) electrons. The maximum atomic E-state index is 13.3. The quantitative estimate of drug-likeness (QED) is 0.533. The van der Waals surface area contributed by atoms with Crippen molar-refractivity contribution in [1.29, 1.82) is 0 Å². The number of aromatic amines is 1. The molecule has 0 saturated carbocycles. The molecule has 1 atom stereocenters. The van der Waals surface area contributed by atoms with Crippen molar-refractivity contribution >= 4 is 17.7 Å². The van der Waals surface area contributed by atoms with E-state index in [4.69, 9.17) is 4.74 Å². The van der Waals surface area contributed by atoms with Crippen LogP contribution in [0.3, 0.4) is 0 Å². The van der Waals surface area contributed by atoms with Crippen LogP contribution in [0.15, 0.2) is 24.3 Å². The molecule has 1 heterocycles. The number of Topliss-reactive ketones (excluding diaryl/α,β-unsaturated/α-hetero) is 1. The average molecular weight is 402 g/mol. The second kappa shape index (κ2) is 9.49. The van der Waals surface area contributed by atoms with Crippen LogP contribution in [0.2, 0.25) is 0 Å². The minimum Gasteiger partial charge on any atom is -0.461 e. The van der Waals surface area contributed by atoms with Gasteiger partial charge in [-0.05, 0) is 63.9 Å². The summed E-state index contributed by atoms with van der Waals surface area (Å²) in [5.74, 6) is -1.56. The smallest absolute Gasteiger partial charge is 0.355 e. The standard InChI is InChI=1S/C22H27FN2O4/c1-6-12-25(21(27)16-8-10-17(23)11-9-16)15(5)20(26)18-13(3)19(24-14(18)4)22(28)29-7-2/h8-11,15,24H,6-7,12H2,1-5H3/t15-/m1/s1. The maximum Gasteiger partial charge on any atom is 0.355 e. The maximum absolute atomic E-state index is 13.3. The Morgan fingerprint density at radius 2 is 1.76 bits per heavy atom. The number of nitrogens with zero attached hydrogens (tertiary/aromatic N) is 1. The molecule has 29 heavy (non-hydrogen) atoms. The summed E-state index contributed by atoms with van der Waals surface area (Å²) in [7, 11) is 0. The molecule has 6 nitrogen and oxygen atoms in total. The van der Waals surface area contributed by atoms with Gasteiger partial charge in [0, 0.05) is 23.4 Å². The zero-order valence-corrected chi connectivity index (χ0v) is 17.5. The molecule has 0 spiro atoms.